The van der Waals surface area contributed by atoms with E-state index in [-0.39, 0.29) is 39.0 Å². The van der Waals surface area contributed by atoms with E-state index in [0.29, 0.717) is 0 Å². The Kier molecular flexibility index (Phi) is 24.3. The van der Waals surface area contributed by atoms with E-state index < -0.39 is 5.09 Å². The first-order valence-corrected chi connectivity index (χ1v) is 0.548. The van der Waals surface area contributed by atoms with Crippen LogP contribution in [0.1, 0.15) is 0 Å². The molecule has 0 spiro atoms. The van der Waals surface area contributed by atoms with Crippen molar-refractivity contribution in [2.45, 2.75) is 0 Å². The molecule has 0 amide bonds. The topological polar surface area (TPSA) is 66.2 Å². The van der Waals surface area contributed by atoms with Crippen LogP contribution in [0.2, 0.25) is 0 Å². The molecule has 0 aromatic rings. The molecule has 6 heteroatoms. The van der Waals surface area contributed by atoms with Crippen molar-refractivity contribution in [1.82, 2.24) is 0 Å². The molecule has 42 valence electrons. The smallest absolute Gasteiger partial charge is 0.0689 e. The third kappa shape index (κ3) is 265. The zero-order chi connectivity index (χ0) is 3.58. The summed E-state index contributed by atoms with van der Waals surface area (Å²) in [4.78, 5) is 8.25. The van der Waals surface area contributed by atoms with Gasteiger partial charge in [0.1, 0.15) is 0 Å². The van der Waals surface area contributed by atoms with Crippen LogP contribution in [0.4, 0.5) is 0 Å². The Morgan fingerprint density at radius 2 is 1.17 bits per heavy atom. The summed E-state index contributed by atoms with van der Waals surface area (Å²) < 4.78 is 0. The monoisotopic (exact) mass is 268 g/mol. The van der Waals surface area contributed by atoms with Gasteiger partial charge in [-0.3, -0.25) is 0 Å². The van der Waals surface area contributed by atoms with Gasteiger partial charge >= 0.3 is 0 Å². The van der Waals surface area contributed by atoms with Gasteiger partial charge in [0, 0.05) is 39.0 Å². The maximum atomic E-state index is 8.25. The van der Waals surface area contributed by atoms with E-state index in [2.05, 4.69) is 0 Å². The summed E-state index contributed by atoms with van der Waals surface area (Å²) in [5.74, 6) is 0. The summed E-state index contributed by atoms with van der Waals surface area (Å²) in [5, 5.41) is 14.8. The minimum Gasteiger partial charge on any atom is -0.356 e. The van der Waals surface area contributed by atoms with Gasteiger partial charge in [0.05, 0.1) is 5.09 Å². The fourth-order valence-corrected chi connectivity index (χ4v) is 0. The van der Waals surface area contributed by atoms with E-state index in [0.717, 1.165) is 0 Å². The molecule has 0 aliphatic heterocycles. The second-order valence-electron chi connectivity index (χ2n) is 0.224. The third-order valence-electron chi connectivity index (χ3n) is 0. The summed E-state index contributed by atoms with van der Waals surface area (Å²) in [6, 6.07) is 0. The number of rotatable bonds is 0. The predicted octanol–water partition coefficient (Wildman–Crippen LogP) is -0.244. The first kappa shape index (κ1) is 16.1. The van der Waals surface area contributed by atoms with Crippen LogP contribution in [0, 0.1) is 15.3 Å². The molecule has 0 heterocycles. The van der Waals surface area contributed by atoms with E-state index in [1.165, 1.54) is 0 Å². The molecule has 6 heavy (non-hydrogen) atoms. The van der Waals surface area contributed by atoms with Crippen molar-refractivity contribution in [3.8, 4) is 0 Å². The van der Waals surface area contributed by atoms with E-state index in [4.69, 9.17) is 15.3 Å². The third-order valence-corrected chi connectivity index (χ3v) is 0. The van der Waals surface area contributed by atoms with Crippen LogP contribution in [0.15, 0.2) is 0 Å². The van der Waals surface area contributed by atoms with Crippen LogP contribution < -0.4 is 0 Å². The zero-order valence-corrected chi connectivity index (χ0v) is 5.62. The van der Waals surface area contributed by atoms with E-state index in [1.807, 2.05) is 0 Å². The van der Waals surface area contributed by atoms with Gasteiger partial charge in [-0.25, -0.2) is 0 Å². The van der Waals surface area contributed by atoms with Gasteiger partial charge < -0.3 is 15.3 Å². The van der Waals surface area contributed by atoms with Crippen molar-refractivity contribution in [2.24, 2.45) is 0 Å². The Balaban J connectivity index is -0.0000000450. The Morgan fingerprint density at radius 1 is 1.17 bits per heavy atom. The largest absolute Gasteiger partial charge is 0.356 e. The van der Waals surface area contributed by atoms with Crippen molar-refractivity contribution in [3.63, 3.8) is 0 Å². The van der Waals surface area contributed by atoms with Gasteiger partial charge in [-0.05, 0) is 0 Å². The molecule has 0 aliphatic carbocycles. The Bertz CT molecular complexity index is 31.8. The summed E-state index contributed by atoms with van der Waals surface area (Å²) in [6.45, 7) is 0. The molecule has 0 N–H and O–H groups in total. The summed E-state index contributed by atoms with van der Waals surface area (Å²) in [5.41, 5.74) is 0. The van der Waals surface area contributed by atoms with Gasteiger partial charge in [0.15, 0.2) is 0 Å². The molecule has 4 nitrogen and oxygen atoms in total. The number of hydrogen-bond acceptors (Lipinski definition) is 3. The molecule has 0 atom stereocenters. The van der Waals surface area contributed by atoms with Crippen molar-refractivity contribution in [3.05, 3.63) is 15.3 Å². The fraction of sp³-hybridized carbons (Fsp3) is 0. The minimum atomic E-state index is -1.75. The summed E-state index contributed by atoms with van der Waals surface area (Å²) in [6.07, 6.45) is 0. The molecule has 0 aromatic heterocycles. The molecule has 0 unspecified atom stereocenters. The van der Waals surface area contributed by atoms with E-state index in [1.54, 1.807) is 0 Å². The Hall–Kier alpha value is 0.447. The number of nitrogens with zero attached hydrogens (tertiary/aromatic N) is 1. The molecular formula is NO3Rh2-. The van der Waals surface area contributed by atoms with Gasteiger partial charge in [-0.2, -0.15) is 0 Å². The Labute approximate surface area is 59.5 Å². The molecule has 0 bridgehead atoms. The quantitative estimate of drug-likeness (QED) is 0.346. The van der Waals surface area contributed by atoms with E-state index >= 15 is 0 Å². The molecule has 0 aromatic carbocycles. The van der Waals surface area contributed by atoms with Crippen LogP contribution in [-0.2, 0) is 39.0 Å². The van der Waals surface area contributed by atoms with E-state index in [9.17, 15) is 0 Å². The summed E-state index contributed by atoms with van der Waals surface area (Å²) >= 11 is 0. The van der Waals surface area contributed by atoms with Gasteiger partial charge in [0.2, 0.25) is 0 Å². The van der Waals surface area contributed by atoms with Gasteiger partial charge in [0.25, 0.3) is 0 Å². The van der Waals surface area contributed by atoms with Crippen LogP contribution in [0.3, 0.4) is 0 Å². The van der Waals surface area contributed by atoms with Crippen molar-refractivity contribution < 1.29 is 44.0 Å². The minimum absolute atomic E-state index is 0. The maximum Gasteiger partial charge on any atom is 0.0689 e. The van der Waals surface area contributed by atoms with Crippen LogP contribution >= 0.6 is 0 Å². The van der Waals surface area contributed by atoms with Crippen molar-refractivity contribution >= 4 is 0 Å². The zero-order valence-electron chi connectivity index (χ0n) is 2.34. The number of hydrogen-bond donors (Lipinski definition) is 0. The molecule has 0 saturated carbocycles. The summed E-state index contributed by atoms with van der Waals surface area (Å²) in [7, 11) is 0. The molecule has 0 rings (SSSR count). The maximum absolute atomic E-state index is 8.25. The van der Waals surface area contributed by atoms with Crippen LogP contribution in [0.5, 0.6) is 0 Å². The fourth-order valence-electron chi connectivity index (χ4n) is 0. The molecule has 0 fully saturated rings. The van der Waals surface area contributed by atoms with Crippen LogP contribution in [0.25, 0.3) is 0 Å². The first-order chi connectivity index (χ1) is 1.73. The second kappa shape index (κ2) is 9.07. The van der Waals surface area contributed by atoms with Crippen molar-refractivity contribution in [2.75, 3.05) is 0 Å². The first-order valence-electron chi connectivity index (χ1n) is 0.548. The van der Waals surface area contributed by atoms with Crippen LogP contribution in [-0.4, -0.2) is 5.09 Å². The van der Waals surface area contributed by atoms with Crippen molar-refractivity contribution in [1.29, 1.82) is 0 Å². The molecular weight excluding hydrogens is 268 g/mol. The standard InChI is InChI=1S/NO3.2Rh/c2-1(3)4;;/q-1;;. The molecule has 2 radical (unpaired) electrons. The average molecular weight is 268 g/mol. The second-order valence-corrected chi connectivity index (χ2v) is 0.224. The SMILES string of the molecule is O=[N+]([O-])[O-].[Rh].[Rh]. The van der Waals surface area contributed by atoms with Gasteiger partial charge in [-0.1, -0.05) is 0 Å². The Morgan fingerprint density at radius 3 is 1.17 bits per heavy atom. The average Bonchev–Trinajstić information content (AvgIpc) is 0.811. The normalized spacial score (nSPS) is 4.00. The molecule has 0 aliphatic rings. The van der Waals surface area contributed by atoms with Gasteiger partial charge in [-0.15, -0.1) is 0 Å². The predicted molar refractivity (Wildman–Crippen MR) is 10.4 cm³/mol. The molecule has 0 saturated heterocycles.